The molecule has 0 atom stereocenters. The second-order valence-corrected chi connectivity index (χ2v) is 5.75. The lowest BCUT2D eigenvalue weighted by Crippen LogP contribution is -2.21. The van der Waals surface area contributed by atoms with Gasteiger partial charge in [-0.1, -0.05) is 17.7 Å². The molecule has 0 aliphatic carbocycles. The Morgan fingerprint density at radius 2 is 1.69 bits per heavy atom. The maximum Gasteiger partial charge on any atom is 0.480 e. The van der Waals surface area contributed by atoms with Crippen LogP contribution in [0.1, 0.15) is 5.56 Å². The lowest BCUT2D eigenvalue weighted by molar-refractivity contribution is -0.0427. The van der Waals surface area contributed by atoms with Crippen LogP contribution < -0.4 is 0 Å². The molecule has 0 N–H and O–H groups in total. The third kappa shape index (κ3) is 3.59. The highest BCUT2D eigenvalue weighted by Gasteiger charge is 2.38. The molecule has 1 aromatic rings. The Labute approximate surface area is 104 Å². The Morgan fingerprint density at radius 3 is 2.12 bits per heavy atom. The molecule has 1 rings (SSSR count). The number of halogens is 4. The highest BCUT2D eigenvalue weighted by Crippen LogP contribution is 2.28. The van der Waals surface area contributed by atoms with Crippen molar-refractivity contribution >= 4 is 32.6 Å². The summed E-state index contributed by atoms with van der Waals surface area (Å²) in [7, 11) is -5.38. The summed E-state index contributed by atoms with van der Waals surface area (Å²) < 4.78 is 60.5. The fourth-order valence-corrected chi connectivity index (χ4v) is 1.65. The summed E-state index contributed by atoms with van der Waals surface area (Å²) in [6.07, 6.45) is 0. The van der Waals surface area contributed by atoms with E-state index in [-0.39, 0.29) is 0 Å². The molecule has 3 nitrogen and oxygen atoms in total. The van der Waals surface area contributed by atoms with Crippen molar-refractivity contribution in [2.75, 3.05) is 0 Å². The van der Waals surface area contributed by atoms with Crippen LogP contribution in [0, 0.1) is 3.57 Å². The van der Waals surface area contributed by atoms with Crippen LogP contribution in [0.15, 0.2) is 24.3 Å². The molecule has 0 saturated carbocycles. The predicted octanol–water partition coefficient (Wildman–Crippen LogP) is 3.01. The summed E-state index contributed by atoms with van der Waals surface area (Å²) in [5, 5.41) is 0. The molecule has 0 radical (unpaired) electrons. The zero-order valence-electron chi connectivity index (χ0n) is 7.70. The molecular formula is C8H6F3INO2S-. The van der Waals surface area contributed by atoms with E-state index in [1.54, 1.807) is 12.1 Å². The quantitative estimate of drug-likeness (QED) is 0.775. The van der Waals surface area contributed by atoms with Crippen molar-refractivity contribution in [3.63, 3.8) is 0 Å². The summed E-state index contributed by atoms with van der Waals surface area (Å²) in [6, 6.07) is 6.37. The van der Waals surface area contributed by atoms with Gasteiger partial charge >= 0.3 is 5.51 Å². The molecule has 16 heavy (non-hydrogen) atoms. The van der Waals surface area contributed by atoms with E-state index in [1.807, 2.05) is 22.6 Å². The smallest absolute Gasteiger partial charge is 0.480 e. The molecule has 0 unspecified atom stereocenters. The van der Waals surface area contributed by atoms with Gasteiger partial charge in [-0.3, -0.25) is 0 Å². The number of benzene rings is 1. The highest BCUT2D eigenvalue weighted by atomic mass is 127. The van der Waals surface area contributed by atoms with E-state index in [2.05, 4.69) is 4.72 Å². The standard InChI is InChI=1S/C8H6F3INO2S/c9-8(10,11)16(14,15)13-5-6-1-3-7(12)4-2-6/h1-4H,5H2/q-1. The molecule has 0 aliphatic heterocycles. The molecule has 0 aromatic heterocycles. The van der Waals surface area contributed by atoms with Crippen LogP contribution in [-0.4, -0.2) is 13.9 Å². The minimum absolute atomic E-state index is 0.410. The fourth-order valence-electron chi connectivity index (χ4n) is 0.823. The van der Waals surface area contributed by atoms with E-state index < -0.39 is 22.1 Å². The lowest BCUT2D eigenvalue weighted by Gasteiger charge is -2.21. The van der Waals surface area contributed by atoms with Crippen molar-refractivity contribution in [1.29, 1.82) is 0 Å². The van der Waals surface area contributed by atoms with Crippen LogP contribution in [0.2, 0.25) is 0 Å². The van der Waals surface area contributed by atoms with Crippen molar-refractivity contribution in [3.8, 4) is 0 Å². The van der Waals surface area contributed by atoms with Crippen LogP contribution in [0.4, 0.5) is 13.2 Å². The third-order valence-corrected chi connectivity index (χ3v) is 3.40. The minimum Gasteiger partial charge on any atom is -0.537 e. The Morgan fingerprint density at radius 1 is 1.19 bits per heavy atom. The Hall–Kier alpha value is -0.350. The minimum atomic E-state index is -5.38. The van der Waals surface area contributed by atoms with Gasteiger partial charge in [0.25, 0.3) is 0 Å². The summed E-state index contributed by atoms with van der Waals surface area (Å²) in [6.45, 7) is -0.501. The molecule has 0 heterocycles. The van der Waals surface area contributed by atoms with Crippen molar-refractivity contribution in [2.24, 2.45) is 0 Å². The number of hydrogen-bond acceptors (Lipinski definition) is 2. The van der Waals surface area contributed by atoms with Crippen molar-refractivity contribution in [2.45, 2.75) is 12.1 Å². The topological polar surface area (TPSA) is 48.2 Å². The van der Waals surface area contributed by atoms with E-state index in [0.29, 0.717) is 5.56 Å². The van der Waals surface area contributed by atoms with Gasteiger partial charge in [0.05, 0.1) is 0 Å². The first kappa shape index (κ1) is 13.7. The van der Waals surface area contributed by atoms with E-state index in [9.17, 15) is 21.6 Å². The molecule has 0 saturated heterocycles. The molecule has 0 aliphatic rings. The van der Waals surface area contributed by atoms with Gasteiger partial charge in [0, 0.05) is 3.57 Å². The van der Waals surface area contributed by atoms with Crippen molar-refractivity contribution in [3.05, 3.63) is 38.1 Å². The zero-order valence-corrected chi connectivity index (χ0v) is 10.7. The van der Waals surface area contributed by atoms with Gasteiger partial charge in [0.1, 0.15) is 0 Å². The van der Waals surface area contributed by atoms with Crippen LogP contribution >= 0.6 is 22.6 Å². The number of rotatable bonds is 3. The lowest BCUT2D eigenvalue weighted by atomic mass is 10.2. The second-order valence-electron chi connectivity index (χ2n) is 2.83. The molecular weight excluding hydrogens is 358 g/mol. The predicted molar refractivity (Wildman–Crippen MR) is 61.2 cm³/mol. The summed E-state index contributed by atoms with van der Waals surface area (Å²) in [5.41, 5.74) is -4.91. The van der Waals surface area contributed by atoms with Gasteiger partial charge in [0.2, 0.25) is 0 Å². The van der Waals surface area contributed by atoms with Crippen LogP contribution in [0.3, 0.4) is 0 Å². The van der Waals surface area contributed by atoms with Crippen LogP contribution in [0.25, 0.3) is 4.72 Å². The molecule has 8 heteroatoms. The third-order valence-electron chi connectivity index (χ3n) is 1.62. The van der Waals surface area contributed by atoms with E-state index in [1.165, 1.54) is 12.1 Å². The fraction of sp³-hybridized carbons (Fsp3) is 0.250. The van der Waals surface area contributed by atoms with Gasteiger partial charge in [-0.15, -0.1) is 6.54 Å². The Kier molecular flexibility index (Phi) is 4.18. The SMILES string of the molecule is O=S(=O)([N-]Cc1ccc(I)cc1)C(F)(F)F. The van der Waals surface area contributed by atoms with Gasteiger partial charge in [-0.05, 0) is 34.7 Å². The largest absolute Gasteiger partial charge is 0.537 e. The number of hydrogen-bond donors (Lipinski definition) is 0. The summed E-state index contributed by atoms with van der Waals surface area (Å²) >= 11 is 2.03. The molecule has 1 aromatic carbocycles. The first-order chi connectivity index (χ1) is 7.22. The normalized spacial score (nSPS) is 12.8. The number of alkyl halides is 3. The molecule has 0 spiro atoms. The van der Waals surface area contributed by atoms with Gasteiger partial charge in [-0.25, -0.2) is 8.42 Å². The number of nitrogens with zero attached hydrogens (tertiary/aromatic N) is 1. The average Bonchev–Trinajstić information content (AvgIpc) is 2.15. The van der Waals surface area contributed by atoms with Crippen LogP contribution in [0.5, 0.6) is 0 Å². The molecule has 90 valence electrons. The molecule has 0 amide bonds. The van der Waals surface area contributed by atoms with Crippen molar-refractivity contribution in [1.82, 2.24) is 0 Å². The molecule has 0 bridgehead atoms. The maximum atomic E-state index is 11.9. The van der Waals surface area contributed by atoms with Gasteiger partial charge in [0.15, 0.2) is 10.0 Å². The van der Waals surface area contributed by atoms with Crippen LogP contribution in [-0.2, 0) is 16.6 Å². The Bertz CT molecular complexity index is 455. The summed E-state index contributed by atoms with van der Waals surface area (Å²) in [4.78, 5) is 0. The Balaban J connectivity index is 2.69. The average molecular weight is 364 g/mol. The van der Waals surface area contributed by atoms with E-state index >= 15 is 0 Å². The zero-order chi connectivity index (χ0) is 12.4. The molecule has 0 fully saturated rings. The first-order valence-corrected chi connectivity index (χ1v) is 6.49. The summed E-state index contributed by atoms with van der Waals surface area (Å²) in [5.74, 6) is 0. The highest BCUT2D eigenvalue weighted by molar-refractivity contribution is 14.1. The van der Waals surface area contributed by atoms with E-state index in [4.69, 9.17) is 0 Å². The second kappa shape index (κ2) is 4.88. The monoisotopic (exact) mass is 364 g/mol. The van der Waals surface area contributed by atoms with Gasteiger partial charge < -0.3 is 4.72 Å². The van der Waals surface area contributed by atoms with Gasteiger partial charge in [-0.2, -0.15) is 13.2 Å². The number of sulfonamides is 1. The van der Waals surface area contributed by atoms with Crippen molar-refractivity contribution < 1.29 is 21.6 Å². The first-order valence-electron chi connectivity index (χ1n) is 3.97. The maximum absolute atomic E-state index is 11.9. The van der Waals surface area contributed by atoms with E-state index in [0.717, 1.165) is 3.57 Å².